The highest BCUT2D eigenvalue weighted by Crippen LogP contribution is 2.35. The summed E-state index contributed by atoms with van der Waals surface area (Å²) in [5.41, 5.74) is 8.55. The quantitative estimate of drug-likeness (QED) is 0.460. The van der Waals surface area contributed by atoms with E-state index in [2.05, 4.69) is 79.7 Å². The van der Waals surface area contributed by atoms with Crippen molar-refractivity contribution in [3.8, 4) is 0 Å². The Bertz CT molecular complexity index is 1110. The molecule has 4 rings (SSSR count). The van der Waals surface area contributed by atoms with Crippen LogP contribution >= 0.6 is 0 Å². The van der Waals surface area contributed by atoms with Crippen LogP contribution in [-0.2, 0) is 0 Å². The molecule has 0 heterocycles. The second-order valence-corrected chi connectivity index (χ2v) is 8.61. The molecule has 3 aromatic carbocycles. The molecule has 0 aliphatic heterocycles. The van der Waals surface area contributed by atoms with Gasteiger partial charge >= 0.3 is 0 Å². The zero-order valence-electron chi connectivity index (χ0n) is 17.5. The van der Waals surface area contributed by atoms with Gasteiger partial charge in [-0.2, -0.15) is 0 Å². The van der Waals surface area contributed by atoms with Crippen molar-refractivity contribution in [2.24, 2.45) is 11.8 Å². The second kappa shape index (κ2) is 5.71. The van der Waals surface area contributed by atoms with E-state index >= 15 is 0 Å². The van der Waals surface area contributed by atoms with Crippen molar-refractivity contribution in [3.05, 3.63) is 56.0 Å². The highest BCUT2D eigenvalue weighted by molar-refractivity contribution is 6.08. The molecule has 26 heavy (non-hydrogen) atoms. The lowest BCUT2D eigenvalue weighted by Crippen LogP contribution is -2.36. The van der Waals surface area contributed by atoms with Gasteiger partial charge in [0.15, 0.2) is 0 Å². The molecule has 0 aromatic heterocycles. The van der Waals surface area contributed by atoms with E-state index in [1.165, 1.54) is 65.4 Å². The average molecular weight is 343 g/mol. The molecule has 0 heteroatoms. The molecule has 0 bridgehead atoms. The van der Waals surface area contributed by atoms with E-state index in [0.29, 0.717) is 11.8 Å². The zero-order valence-corrected chi connectivity index (χ0v) is 17.5. The fourth-order valence-electron chi connectivity index (χ4n) is 4.95. The highest BCUT2D eigenvalue weighted by atomic mass is 14.2. The van der Waals surface area contributed by atoms with E-state index in [0.717, 1.165) is 0 Å². The summed E-state index contributed by atoms with van der Waals surface area (Å²) < 4.78 is 0. The largest absolute Gasteiger partial charge is 0.0730 e. The van der Waals surface area contributed by atoms with Gasteiger partial charge in [-0.1, -0.05) is 38.1 Å². The van der Waals surface area contributed by atoms with E-state index in [1.54, 1.807) is 0 Å². The average Bonchev–Trinajstić information content (AvgIpc) is 2.59. The minimum absolute atomic E-state index is 0.602. The molecule has 3 aromatic rings. The number of hydrogen-bond acceptors (Lipinski definition) is 0. The fraction of sp³-hybridized carbons (Fsp3) is 0.385. The summed E-state index contributed by atoms with van der Waals surface area (Å²) in [6.07, 6.45) is 5.00. The monoisotopic (exact) mass is 342 g/mol. The van der Waals surface area contributed by atoms with Crippen LogP contribution in [0.4, 0.5) is 0 Å². The smallest absolute Gasteiger partial charge is 0.0107 e. The Morgan fingerprint density at radius 3 is 1.23 bits per heavy atom. The van der Waals surface area contributed by atoms with Crippen LogP contribution in [0, 0.1) is 53.4 Å². The highest BCUT2D eigenvalue weighted by Gasteiger charge is 2.19. The van der Waals surface area contributed by atoms with E-state index in [4.69, 9.17) is 0 Å². The minimum Gasteiger partial charge on any atom is -0.0730 e. The van der Waals surface area contributed by atoms with Crippen molar-refractivity contribution in [1.29, 1.82) is 0 Å². The predicted molar refractivity (Wildman–Crippen MR) is 116 cm³/mol. The Balaban J connectivity index is 2.35. The van der Waals surface area contributed by atoms with Gasteiger partial charge in [0, 0.05) is 0 Å². The Morgan fingerprint density at radius 1 is 0.538 bits per heavy atom. The molecule has 2 unspecified atom stereocenters. The summed E-state index contributed by atoms with van der Waals surface area (Å²) in [5, 5.41) is 8.71. The van der Waals surface area contributed by atoms with Crippen molar-refractivity contribution >= 4 is 33.7 Å². The Hall–Kier alpha value is -2.08. The zero-order chi connectivity index (χ0) is 18.9. The SMILES string of the molecule is Cc1cc2c(C)c3c(C)c4c(c(C)c3c(C)c2cc1C)=CC(C)C(C)C=4. The third-order valence-corrected chi connectivity index (χ3v) is 6.98. The maximum atomic E-state index is 2.50. The summed E-state index contributed by atoms with van der Waals surface area (Å²) in [4.78, 5) is 0. The van der Waals surface area contributed by atoms with Crippen molar-refractivity contribution in [2.45, 2.75) is 55.4 Å². The standard InChI is InChI=1S/C26H30/c1-13-9-21-17(5)25-19(7)23-11-15(3)16(4)12-24(23)20(8)26(25)18(6)22(21)10-14(13)2/h9-14H,1-8H3. The first-order chi connectivity index (χ1) is 12.2. The third-order valence-electron chi connectivity index (χ3n) is 6.98. The van der Waals surface area contributed by atoms with Gasteiger partial charge in [-0.3, -0.25) is 0 Å². The van der Waals surface area contributed by atoms with Crippen LogP contribution in [0.1, 0.15) is 47.2 Å². The molecule has 0 radical (unpaired) electrons. The van der Waals surface area contributed by atoms with E-state index in [1.807, 2.05) is 0 Å². The molecule has 0 saturated heterocycles. The van der Waals surface area contributed by atoms with Gasteiger partial charge < -0.3 is 0 Å². The first-order valence-electron chi connectivity index (χ1n) is 9.89. The Kier molecular flexibility index (Phi) is 3.81. The summed E-state index contributed by atoms with van der Waals surface area (Å²) >= 11 is 0. The van der Waals surface area contributed by atoms with Gasteiger partial charge in [-0.05, 0) is 119 Å². The topological polar surface area (TPSA) is 0 Å². The lowest BCUT2D eigenvalue weighted by atomic mass is 9.81. The molecule has 2 atom stereocenters. The van der Waals surface area contributed by atoms with Gasteiger partial charge in [-0.15, -0.1) is 0 Å². The molecule has 0 saturated carbocycles. The number of benzene rings is 3. The summed E-state index contributed by atoms with van der Waals surface area (Å²) in [6, 6.07) is 4.78. The molecular weight excluding hydrogens is 312 g/mol. The molecule has 1 aliphatic rings. The van der Waals surface area contributed by atoms with E-state index < -0.39 is 0 Å². The minimum atomic E-state index is 0.602. The van der Waals surface area contributed by atoms with Gasteiger partial charge in [0.1, 0.15) is 0 Å². The molecule has 1 aliphatic carbocycles. The van der Waals surface area contributed by atoms with Crippen molar-refractivity contribution < 1.29 is 0 Å². The second-order valence-electron chi connectivity index (χ2n) is 8.61. The normalized spacial score (nSPS) is 19.4. The number of fused-ring (bicyclic) bond motifs is 3. The van der Waals surface area contributed by atoms with Crippen molar-refractivity contribution in [2.75, 3.05) is 0 Å². The molecular formula is C26H30. The van der Waals surface area contributed by atoms with Crippen LogP contribution in [0.25, 0.3) is 33.7 Å². The van der Waals surface area contributed by atoms with Crippen LogP contribution in [0.2, 0.25) is 0 Å². The van der Waals surface area contributed by atoms with Gasteiger partial charge in [0.2, 0.25) is 0 Å². The molecule has 0 spiro atoms. The third kappa shape index (κ3) is 2.21. The van der Waals surface area contributed by atoms with E-state index in [9.17, 15) is 0 Å². The lowest BCUT2D eigenvalue weighted by molar-refractivity contribution is 0.607. The number of hydrogen-bond donors (Lipinski definition) is 0. The lowest BCUT2D eigenvalue weighted by Gasteiger charge is -2.23. The first-order valence-corrected chi connectivity index (χ1v) is 9.89. The number of aryl methyl sites for hydroxylation is 6. The first kappa shape index (κ1) is 17.3. The van der Waals surface area contributed by atoms with E-state index in [-0.39, 0.29) is 0 Å². The molecule has 134 valence electrons. The van der Waals surface area contributed by atoms with Crippen LogP contribution < -0.4 is 10.4 Å². The summed E-state index contributed by atoms with van der Waals surface area (Å²) in [7, 11) is 0. The fourth-order valence-corrected chi connectivity index (χ4v) is 4.95. The molecule has 0 nitrogen and oxygen atoms in total. The Labute approximate surface area is 157 Å². The maximum Gasteiger partial charge on any atom is -0.0107 e. The summed E-state index contributed by atoms with van der Waals surface area (Å²) in [6.45, 7) is 18.4. The van der Waals surface area contributed by atoms with Gasteiger partial charge in [0.05, 0.1) is 0 Å². The van der Waals surface area contributed by atoms with Crippen LogP contribution in [0.15, 0.2) is 12.1 Å². The molecule has 0 N–H and O–H groups in total. The van der Waals surface area contributed by atoms with Crippen LogP contribution in [0.5, 0.6) is 0 Å². The Morgan fingerprint density at radius 2 is 0.885 bits per heavy atom. The van der Waals surface area contributed by atoms with Crippen LogP contribution in [-0.4, -0.2) is 0 Å². The van der Waals surface area contributed by atoms with Crippen molar-refractivity contribution in [1.82, 2.24) is 0 Å². The van der Waals surface area contributed by atoms with Crippen molar-refractivity contribution in [3.63, 3.8) is 0 Å². The predicted octanol–water partition coefficient (Wildman–Crippen LogP) is 5.69. The van der Waals surface area contributed by atoms with Gasteiger partial charge in [-0.25, -0.2) is 0 Å². The maximum absolute atomic E-state index is 2.50. The van der Waals surface area contributed by atoms with Crippen LogP contribution in [0.3, 0.4) is 0 Å². The molecule has 0 amide bonds. The summed E-state index contributed by atoms with van der Waals surface area (Å²) in [5.74, 6) is 1.20. The number of rotatable bonds is 0. The molecule has 0 fully saturated rings. The van der Waals surface area contributed by atoms with Gasteiger partial charge in [0.25, 0.3) is 0 Å².